The number of nitrogens with one attached hydrogen (secondary N) is 1. The standard InChI is InChI=1S/C14H20BrN/c1-4-5-6-7-14(16-3)12-8-9-13(15)11(2)10-12/h4,8-10,14,16H,1,5-7H2,2-3H3. The van der Waals surface area contributed by atoms with Gasteiger partial charge in [0.25, 0.3) is 0 Å². The SMILES string of the molecule is C=CCCCC(NC)c1ccc(Br)c(C)c1. The maximum atomic E-state index is 3.76. The molecule has 0 heterocycles. The lowest BCUT2D eigenvalue weighted by Gasteiger charge is -2.17. The highest BCUT2D eigenvalue weighted by molar-refractivity contribution is 9.10. The molecule has 0 spiro atoms. The second-order valence-electron chi connectivity index (χ2n) is 4.07. The van der Waals surface area contributed by atoms with Crippen LogP contribution in [0.5, 0.6) is 0 Å². The van der Waals surface area contributed by atoms with Crippen LogP contribution in [0, 0.1) is 6.92 Å². The quantitative estimate of drug-likeness (QED) is 0.603. The van der Waals surface area contributed by atoms with Crippen molar-refractivity contribution in [3.05, 3.63) is 46.5 Å². The van der Waals surface area contributed by atoms with Crippen molar-refractivity contribution in [1.29, 1.82) is 0 Å². The number of allylic oxidation sites excluding steroid dienone is 1. The maximum Gasteiger partial charge on any atom is 0.0317 e. The van der Waals surface area contributed by atoms with Crippen molar-refractivity contribution in [3.8, 4) is 0 Å². The molecule has 0 aliphatic rings. The van der Waals surface area contributed by atoms with E-state index in [1.165, 1.54) is 22.0 Å². The minimum Gasteiger partial charge on any atom is -0.313 e. The molecule has 88 valence electrons. The molecule has 0 saturated heterocycles. The van der Waals surface area contributed by atoms with E-state index in [-0.39, 0.29) is 0 Å². The molecule has 0 aromatic heterocycles. The highest BCUT2D eigenvalue weighted by atomic mass is 79.9. The molecular formula is C14H20BrN. The molecule has 1 rings (SSSR count). The summed E-state index contributed by atoms with van der Waals surface area (Å²) in [6.45, 7) is 5.88. The Labute approximate surface area is 107 Å². The predicted molar refractivity (Wildman–Crippen MR) is 74.7 cm³/mol. The molecule has 1 aromatic carbocycles. The zero-order valence-electron chi connectivity index (χ0n) is 10.1. The van der Waals surface area contributed by atoms with E-state index in [2.05, 4.69) is 52.9 Å². The lowest BCUT2D eigenvalue weighted by Crippen LogP contribution is -2.16. The Morgan fingerprint density at radius 3 is 2.81 bits per heavy atom. The Kier molecular flexibility index (Phi) is 5.78. The van der Waals surface area contributed by atoms with Crippen LogP contribution in [0.1, 0.15) is 36.4 Å². The number of halogens is 1. The zero-order valence-corrected chi connectivity index (χ0v) is 11.7. The van der Waals surface area contributed by atoms with E-state index >= 15 is 0 Å². The minimum atomic E-state index is 0.451. The van der Waals surface area contributed by atoms with Crippen molar-refractivity contribution in [2.75, 3.05) is 7.05 Å². The van der Waals surface area contributed by atoms with Crippen LogP contribution in [0.3, 0.4) is 0 Å². The highest BCUT2D eigenvalue weighted by Crippen LogP contribution is 2.24. The van der Waals surface area contributed by atoms with Gasteiger partial charge in [0.2, 0.25) is 0 Å². The molecule has 16 heavy (non-hydrogen) atoms. The molecule has 0 radical (unpaired) electrons. The van der Waals surface area contributed by atoms with E-state index in [9.17, 15) is 0 Å². The summed E-state index contributed by atoms with van der Waals surface area (Å²) in [4.78, 5) is 0. The molecular weight excluding hydrogens is 262 g/mol. The Morgan fingerprint density at radius 2 is 2.25 bits per heavy atom. The number of rotatable bonds is 6. The van der Waals surface area contributed by atoms with Crippen molar-refractivity contribution < 1.29 is 0 Å². The highest BCUT2D eigenvalue weighted by Gasteiger charge is 2.09. The zero-order chi connectivity index (χ0) is 12.0. The second kappa shape index (κ2) is 6.87. The van der Waals surface area contributed by atoms with Gasteiger partial charge in [-0.05, 0) is 50.4 Å². The second-order valence-corrected chi connectivity index (χ2v) is 4.92. The summed E-state index contributed by atoms with van der Waals surface area (Å²) in [5.74, 6) is 0. The van der Waals surface area contributed by atoms with Gasteiger partial charge in [-0.25, -0.2) is 0 Å². The summed E-state index contributed by atoms with van der Waals surface area (Å²) in [5.41, 5.74) is 2.66. The summed E-state index contributed by atoms with van der Waals surface area (Å²) in [5, 5.41) is 3.37. The Hall–Kier alpha value is -0.600. The van der Waals surface area contributed by atoms with Crippen LogP contribution >= 0.6 is 15.9 Å². The van der Waals surface area contributed by atoms with Gasteiger partial charge in [-0.2, -0.15) is 0 Å². The molecule has 0 aliphatic carbocycles. The van der Waals surface area contributed by atoms with Crippen molar-refractivity contribution in [2.45, 2.75) is 32.2 Å². The van der Waals surface area contributed by atoms with Crippen LogP contribution in [-0.2, 0) is 0 Å². The summed E-state index contributed by atoms with van der Waals surface area (Å²) in [6, 6.07) is 7.01. The lowest BCUT2D eigenvalue weighted by molar-refractivity contribution is 0.530. The molecule has 0 bridgehead atoms. The van der Waals surface area contributed by atoms with E-state index in [1.807, 2.05) is 13.1 Å². The van der Waals surface area contributed by atoms with Crippen LogP contribution in [0.25, 0.3) is 0 Å². The van der Waals surface area contributed by atoms with Gasteiger partial charge in [-0.3, -0.25) is 0 Å². The van der Waals surface area contributed by atoms with Crippen LogP contribution in [-0.4, -0.2) is 7.05 Å². The van der Waals surface area contributed by atoms with E-state index in [0.717, 1.165) is 12.8 Å². The number of hydrogen-bond donors (Lipinski definition) is 1. The number of aryl methyl sites for hydroxylation is 1. The van der Waals surface area contributed by atoms with Crippen molar-refractivity contribution >= 4 is 15.9 Å². The molecule has 0 fully saturated rings. The van der Waals surface area contributed by atoms with E-state index < -0.39 is 0 Å². The maximum absolute atomic E-state index is 3.76. The topological polar surface area (TPSA) is 12.0 Å². The van der Waals surface area contributed by atoms with Crippen LogP contribution < -0.4 is 5.32 Å². The number of unbranched alkanes of at least 4 members (excludes halogenated alkanes) is 1. The molecule has 0 saturated carbocycles. The van der Waals surface area contributed by atoms with Gasteiger partial charge >= 0.3 is 0 Å². The molecule has 0 aliphatic heterocycles. The van der Waals surface area contributed by atoms with Crippen molar-refractivity contribution in [3.63, 3.8) is 0 Å². The molecule has 1 atom stereocenters. The van der Waals surface area contributed by atoms with Crippen LogP contribution in [0.4, 0.5) is 0 Å². The third-order valence-electron chi connectivity index (χ3n) is 2.83. The monoisotopic (exact) mass is 281 g/mol. The van der Waals surface area contributed by atoms with Crippen molar-refractivity contribution in [2.24, 2.45) is 0 Å². The van der Waals surface area contributed by atoms with Gasteiger partial charge in [0.05, 0.1) is 0 Å². The first-order valence-electron chi connectivity index (χ1n) is 5.73. The van der Waals surface area contributed by atoms with Crippen LogP contribution in [0.15, 0.2) is 35.3 Å². The average Bonchev–Trinajstić information content (AvgIpc) is 2.29. The van der Waals surface area contributed by atoms with Crippen LogP contribution in [0.2, 0.25) is 0 Å². The Balaban J connectivity index is 2.70. The fraction of sp³-hybridized carbons (Fsp3) is 0.429. The molecule has 0 amide bonds. The largest absolute Gasteiger partial charge is 0.313 e. The summed E-state index contributed by atoms with van der Waals surface area (Å²) < 4.78 is 1.18. The van der Waals surface area contributed by atoms with Gasteiger partial charge in [0.15, 0.2) is 0 Å². The van der Waals surface area contributed by atoms with Gasteiger partial charge < -0.3 is 5.32 Å². The molecule has 2 heteroatoms. The molecule has 1 nitrogen and oxygen atoms in total. The summed E-state index contributed by atoms with van der Waals surface area (Å²) in [6.07, 6.45) is 5.42. The van der Waals surface area contributed by atoms with E-state index in [4.69, 9.17) is 0 Å². The predicted octanol–water partition coefficient (Wildman–Crippen LogP) is 4.37. The first kappa shape index (κ1) is 13.5. The number of benzene rings is 1. The normalized spacial score (nSPS) is 12.4. The number of hydrogen-bond acceptors (Lipinski definition) is 1. The smallest absolute Gasteiger partial charge is 0.0317 e. The third-order valence-corrected chi connectivity index (χ3v) is 3.72. The minimum absolute atomic E-state index is 0.451. The Morgan fingerprint density at radius 1 is 1.50 bits per heavy atom. The van der Waals surface area contributed by atoms with Gasteiger partial charge in [-0.15, -0.1) is 6.58 Å². The van der Waals surface area contributed by atoms with Gasteiger partial charge in [0, 0.05) is 10.5 Å². The lowest BCUT2D eigenvalue weighted by atomic mass is 9.99. The average molecular weight is 282 g/mol. The first-order chi connectivity index (χ1) is 7.69. The molecule has 1 unspecified atom stereocenters. The first-order valence-corrected chi connectivity index (χ1v) is 6.52. The van der Waals surface area contributed by atoms with Crippen molar-refractivity contribution in [1.82, 2.24) is 5.32 Å². The molecule has 1 N–H and O–H groups in total. The molecule has 1 aromatic rings. The van der Waals surface area contributed by atoms with Gasteiger partial charge in [-0.1, -0.05) is 34.1 Å². The summed E-state index contributed by atoms with van der Waals surface area (Å²) >= 11 is 3.53. The van der Waals surface area contributed by atoms with E-state index in [1.54, 1.807) is 0 Å². The summed E-state index contributed by atoms with van der Waals surface area (Å²) in [7, 11) is 2.02. The Bertz CT molecular complexity index is 347. The third kappa shape index (κ3) is 3.76. The fourth-order valence-electron chi connectivity index (χ4n) is 1.83. The van der Waals surface area contributed by atoms with E-state index in [0.29, 0.717) is 6.04 Å². The fourth-order valence-corrected chi connectivity index (χ4v) is 2.08. The van der Waals surface area contributed by atoms with Gasteiger partial charge in [0.1, 0.15) is 0 Å².